The summed E-state index contributed by atoms with van der Waals surface area (Å²) in [7, 11) is 0. The van der Waals surface area contributed by atoms with Crippen LogP contribution in [0.2, 0.25) is 0 Å². The van der Waals surface area contributed by atoms with Crippen LogP contribution in [0.25, 0.3) is 0 Å². The van der Waals surface area contributed by atoms with Crippen molar-refractivity contribution in [3.05, 3.63) is 89.5 Å². The Morgan fingerprint density at radius 3 is 1.69 bits per heavy atom. The zero-order chi connectivity index (χ0) is 24.8. The van der Waals surface area contributed by atoms with Crippen LogP contribution in [-0.4, -0.2) is 27.4 Å². The van der Waals surface area contributed by atoms with Crippen molar-refractivity contribution in [3.63, 3.8) is 0 Å². The average molecular weight is 476 g/mol. The van der Waals surface area contributed by atoms with E-state index in [0.717, 1.165) is 11.1 Å². The SMILES string of the molecule is Cc1ccc(NC(=O)CNc2nc(Nc3ccc(F)cc3)nc(Nc3ccc(F)cc3)n2)cc1C. The van der Waals surface area contributed by atoms with Crippen LogP contribution in [0.15, 0.2) is 66.7 Å². The number of rotatable bonds is 8. The standard InChI is InChI=1S/C25H23F2N7O/c1-15-3-8-21(13-16(15)2)29-22(35)14-28-23-32-24(30-19-9-4-17(26)5-10-19)34-25(33-23)31-20-11-6-18(27)7-12-20/h3-13H,14H2,1-2H3,(H,29,35)(H3,28,30,31,32,33,34). The fraction of sp³-hybridized carbons (Fsp3) is 0.120. The molecular weight excluding hydrogens is 452 g/mol. The summed E-state index contributed by atoms with van der Waals surface area (Å²) >= 11 is 0. The van der Waals surface area contributed by atoms with Crippen molar-refractivity contribution >= 4 is 40.8 Å². The lowest BCUT2D eigenvalue weighted by atomic mass is 10.1. The Morgan fingerprint density at radius 2 is 1.17 bits per heavy atom. The summed E-state index contributed by atoms with van der Waals surface area (Å²) in [5.74, 6) is -0.579. The molecule has 0 saturated carbocycles. The quantitative estimate of drug-likeness (QED) is 0.274. The molecule has 0 bridgehead atoms. The van der Waals surface area contributed by atoms with Crippen LogP contribution in [0.5, 0.6) is 0 Å². The molecule has 0 atom stereocenters. The van der Waals surface area contributed by atoms with Crippen molar-refractivity contribution in [2.75, 3.05) is 27.8 Å². The summed E-state index contributed by atoms with van der Waals surface area (Å²) in [6, 6.07) is 17.0. The minimum Gasteiger partial charge on any atom is -0.345 e. The van der Waals surface area contributed by atoms with E-state index in [1.165, 1.54) is 48.5 Å². The zero-order valence-electron chi connectivity index (χ0n) is 19.1. The van der Waals surface area contributed by atoms with Crippen molar-refractivity contribution in [3.8, 4) is 0 Å². The van der Waals surface area contributed by atoms with Gasteiger partial charge in [-0.1, -0.05) is 6.07 Å². The Balaban J connectivity index is 1.50. The van der Waals surface area contributed by atoms with Crippen LogP contribution in [0.3, 0.4) is 0 Å². The molecule has 1 aromatic heterocycles. The number of carbonyl (C=O) groups is 1. The molecule has 0 fully saturated rings. The van der Waals surface area contributed by atoms with E-state index >= 15 is 0 Å². The van der Waals surface area contributed by atoms with E-state index < -0.39 is 0 Å². The van der Waals surface area contributed by atoms with Crippen molar-refractivity contribution in [2.24, 2.45) is 0 Å². The molecule has 1 heterocycles. The monoisotopic (exact) mass is 475 g/mol. The lowest BCUT2D eigenvalue weighted by Crippen LogP contribution is -2.23. The predicted molar refractivity (Wildman–Crippen MR) is 132 cm³/mol. The van der Waals surface area contributed by atoms with Gasteiger partial charge in [0, 0.05) is 17.1 Å². The summed E-state index contributed by atoms with van der Waals surface area (Å²) in [4.78, 5) is 25.3. The van der Waals surface area contributed by atoms with Gasteiger partial charge < -0.3 is 21.3 Å². The van der Waals surface area contributed by atoms with Gasteiger partial charge in [0.1, 0.15) is 11.6 Å². The molecule has 0 aliphatic carbocycles. The fourth-order valence-corrected chi connectivity index (χ4v) is 3.08. The topological polar surface area (TPSA) is 104 Å². The Morgan fingerprint density at radius 1 is 0.686 bits per heavy atom. The molecule has 0 unspecified atom stereocenters. The summed E-state index contributed by atoms with van der Waals surface area (Å²) in [6.45, 7) is 3.88. The maximum absolute atomic E-state index is 13.2. The van der Waals surface area contributed by atoms with E-state index in [1.807, 2.05) is 32.0 Å². The molecule has 1 amide bonds. The lowest BCUT2D eigenvalue weighted by Gasteiger charge is -2.12. The number of nitrogens with one attached hydrogen (secondary N) is 4. The summed E-state index contributed by atoms with van der Waals surface area (Å²) in [5.41, 5.74) is 4.01. The van der Waals surface area contributed by atoms with Crippen molar-refractivity contribution in [1.29, 1.82) is 0 Å². The number of anilines is 6. The molecule has 8 nitrogen and oxygen atoms in total. The summed E-state index contributed by atoms with van der Waals surface area (Å²) in [5, 5.41) is 11.7. The first kappa shape index (κ1) is 23.6. The van der Waals surface area contributed by atoms with Crippen LogP contribution in [-0.2, 0) is 4.79 Å². The van der Waals surface area contributed by atoms with Gasteiger partial charge in [0.05, 0.1) is 6.54 Å². The third kappa shape index (κ3) is 6.70. The van der Waals surface area contributed by atoms with E-state index in [2.05, 4.69) is 36.2 Å². The number of nitrogens with zero attached hydrogens (tertiary/aromatic N) is 3. The van der Waals surface area contributed by atoms with E-state index in [4.69, 9.17) is 0 Å². The molecular formula is C25H23F2N7O. The molecule has 0 spiro atoms. The highest BCUT2D eigenvalue weighted by Gasteiger charge is 2.10. The first-order valence-electron chi connectivity index (χ1n) is 10.8. The number of halogens is 2. The van der Waals surface area contributed by atoms with Gasteiger partial charge in [0.15, 0.2) is 0 Å². The number of carbonyl (C=O) groups excluding carboxylic acids is 1. The largest absolute Gasteiger partial charge is 0.345 e. The molecule has 0 aliphatic rings. The smallest absolute Gasteiger partial charge is 0.243 e. The third-order valence-corrected chi connectivity index (χ3v) is 5.03. The second-order valence-corrected chi connectivity index (χ2v) is 7.77. The molecule has 178 valence electrons. The number of aryl methyl sites for hydroxylation is 2. The van der Waals surface area contributed by atoms with Gasteiger partial charge in [-0.3, -0.25) is 4.79 Å². The molecule has 4 rings (SSSR count). The van der Waals surface area contributed by atoms with Crippen molar-refractivity contribution < 1.29 is 13.6 Å². The Labute approximate surface area is 200 Å². The molecule has 4 aromatic rings. The lowest BCUT2D eigenvalue weighted by molar-refractivity contribution is -0.114. The molecule has 0 aliphatic heterocycles. The predicted octanol–water partition coefficient (Wildman–Crippen LogP) is 5.30. The first-order chi connectivity index (χ1) is 16.8. The van der Waals surface area contributed by atoms with Crippen LogP contribution >= 0.6 is 0 Å². The van der Waals surface area contributed by atoms with E-state index in [9.17, 15) is 13.6 Å². The number of aromatic nitrogens is 3. The Kier molecular flexibility index (Phi) is 7.10. The van der Waals surface area contributed by atoms with Crippen molar-refractivity contribution in [2.45, 2.75) is 13.8 Å². The second-order valence-electron chi connectivity index (χ2n) is 7.77. The highest BCUT2D eigenvalue weighted by molar-refractivity contribution is 5.93. The first-order valence-corrected chi connectivity index (χ1v) is 10.8. The van der Waals surface area contributed by atoms with Gasteiger partial charge >= 0.3 is 0 Å². The molecule has 10 heteroatoms. The molecule has 0 saturated heterocycles. The second kappa shape index (κ2) is 10.6. The van der Waals surface area contributed by atoms with Gasteiger partial charge in [-0.25, -0.2) is 8.78 Å². The van der Waals surface area contributed by atoms with Gasteiger partial charge in [-0.05, 0) is 85.6 Å². The number of benzene rings is 3. The maximum atomic E-state index is 13.2. The average Bonchev–Trinajstić information content (AvgIpc) is 2.83. The molecule has 3 aromatic carbocycles. The zero-order valence-corrected chi connectivity index (χ0v) is 19.1. The fourth-order valence-electron chi connectivity index (χ4n) is 3.08. The highest BCUT2D eigenvalue weighted by atomic mass is 19.1. The molecule has 0 radical (unpaired) electrons. The minimum atomic E-state index is -0.373. The Hall–Kier alpha value is -4.60. The molecule has 4 N–H and O–H groups in total. The number of hydrogen-bond donors (Lipinski definition) is 4. The summed E-state index contributed by atoms with van der Waals surface area (Å²) in [6.07, 6.45) is 0. The normalized spacial score (nSPS) is 10.5. The minimum absolute atomic E-state index is 0.0943. The van der Waals surface area contributed by atoms with E-state index in [0.29, 0.717) is 17.1 Å². The van der Waals surface area contributed by atoms with Gasteiger partial charge in [0.25, 0.3) is 0 Å². The van der Waals surface area contributed by atoms with Crippen LogP contribution < -0.4 is 21.3 Å². The van der Waals surface area contributed by atoms with Crippen LogP contribution in [0.4, 0.5) is 43.7 Å². The summed E-state index contributed by atoms with van der Waals surface area (Å²) < 4.78 is 26.5. The third-order valence-electron chi connectivity index (χ3n) is 5.03. The van der Waals surface area contributed by atoms with Gasteiger partial charge in [-0.15, -0.1) is 0 Å². The maximum Gasteiger partial charge on any atom is 0.243 e. The van der Waals surface area contributed by atoms with Crippen LogP contribution in [0, 0.1) is 25.5 Å². The highest BCUT2D eigenvalue weighted by Crippen LogP contribution is 2.19. The van der Waals surface area contributed by atoms with E-state index in [1.54, 1.807) is 0 Å². The number of hydrogen-bond acceptors (Lipinski definition) is 7. The van der Waals surface area contributed by atoms with Gasteiger partial charge in [0.2, 0.25) is 23.8 Å². The van der Waals surface area contributed by atoms with Crippen LogP contribution in [0.1, 0.15) is 11.1 Å². The Bertz CT molecular complexity index is 1260. The number of amides is 1. The van der Waals surface area contributed by atoms with Gasteiger partial charge in [-0.2, -0.15) is 15.0 Å². The van der Waals surface area contributed by atoms with E-state index in [-0.39, 0.29) is 41.9 Å². The van der Waals surface area contributed by atoms with Crippen molar-refractivity contribution in [1.82, 2.24) is 15.0 Å². The molecule has 35 heavy (non-hydrogen) atoms.